The Hall–Kier alpha value is -2.82. The molecule has 132 valence electrons. The van der Waals surface area contributed by atoms with Gasteiger partial charge in [0.05, 0.1) is 6.54 Å². The van der Waals surface area contributed by atoms with Gasteiger partial charge in [0.25, 0.3) is 0 Å². The van der Waals surface area contributed by atoms with Gasteiger partial charge in [0, 0.05) is 17.8 Å². The molecule has 0 saturated heterocycles. The van der Waals surface area contributed by atoms with Crippen LogP contribution in [0.3, 0.4) is 0 Å². The highest BCUT2D eigenvalue weighted by Crippen LogP contribution is 2.15. The highest BCUT2D eigenvalue weighted by molar-refractivity contribution is 5.92. The van der Waals surface area contributed by atoms with Crippen LogP contribution in [0.5, 0.6) is 0 Å². The first-order chi connectivity index (χ1) is 12.0. The topological polar surface area (TPSA) is 79.5 Å². The van der Waals surface area contributed by atoms with E-state index in [1.807, 2.05) is 49.4 Å². The zero-order chi connectivity index (χ0) is 18.2. The van der Waals surface area contributed by atoms with Crippen molar-refractivity contribution in [1.82, 2.24) is 0 Å². The normalized spacial score (nSPS) is 11.2. The number of nitrogens with one attached hydrogen (secondary N) is 2. The molecular formula is C20H26N4O. The molecule has 0 aliphatic carbocycles. The van der Waals surface area contributed by atoms with Crippen LogP contribution < -0.4 is 16.4 Å². The Morgan fingerprint density at radius 2 is 1.80 bits per heavy atom. The second-order valence-electron chi connectivity index (χ2n) is 6.12. The van der Waals surface area contributed by atoms with Crippen molar-refractivity contribution in [3.63, 3.8) is 0 Å². The van der Waals surface area contributed by atoms with Gasteiger partial charge in [-0.1, -0.05) is 25.1 Å². The zero-order valence-electron chi connectivity index (χ0n) is 15.1. The minimum atomic E-state index is 0.0269. The molecule has 0 spiro atoms. The molecular weight excluding hydrogens is 312 g/mol. The predicted molar refractivity (Wildman–Crippen MR) is 105 cm³/mol. The molecule has 2 aromatic rings. The van der Waals surface area contributed by atoms with Gasteiger partial charge in [-0.15, -0.1) is 0 Å². The fraction of sp³-hybridized carbons (Fsp3) is 0.300. The van der Waals surface area contributed by atoms with E-state index < -0.39 is 0 Å². The summed E-state index contributed by atoms with van der Waals surface area (Å²) in [5.74, 6) is 0.391. The van der Waals surface area contributed by atoms with E-state index in [9.17, 15) is 4.79 Å². The van der Waals surface area contributed by atoms with Crippen LogP contribution in [-0.2, 0) is 11.3 Å². The summed E-state index contributed by atoms with van der Waals surface area (Å²) < 4.78 is 0. The van der Waals surface area contributed by atoms with Gasteiger partial charge in [-0.2, -0.15) is 0 Å². The quantitative estimate of drug-likeness (QED) is 0.551. The number of aryl methyl sites for hydroxylation is 2. The van der Waals surface area contributed by atoms with Gasteiger partial charge in [-0.3, -0.25) is 4.79 Å². The molecule has 5 nitrogen and oxygen atoms in total. The second kappa shape index (κ2) is 8.87. The van der Waals surface area contributed by atoms with E-state index >= 15 is 0 Å². The lowest BCUT2D eigenvalue weighted by atomic mass is 10.1. The molecule has 0 atom stereocenters. The summed E-state index contributed by atoms with van der Waals surface area (Å²) in [6, 6.07) is 13.7. The fourth-order valence-corrected chi connectivity index (χ4v) is 2.38. The van der Waals surface area contributed by atoms with E-state index in [1.165, 1.54) is 11.1 Å². The van der Waals surface area contributed by atoms with Crippen molar-refractivity contribution in [1.29, 1.82) is 0 Å². The number of aliphatic imine (C=N–C) groups is 1. The van der Waals surface area contributed by atoms with Crippen LogP contribution in [0.2, 0.25) is 0 Å². The number of hydrogen-bond acceptors (Lipinski definition) is 2. The van der Waals surface area contributed by atoms with Crippen molar-refractivity contribution in [2.75, 3.05) is 10.6 Å². The van der Waals surface area contributed by atoms with Gasteiger partial charge in [0.2, 0.25) is 5.91 Å². The molecule has 5 heteroatoms. The summed E-state index contributed by atoms with van der Waals surface area (Å²) in [7, 11) is 0. The van der Waals surface area contributed by atoms with E-state index in [-0.39, 0.29) is 5.91 Å². The van der Waals surface area contributed by atoms with Crippen LogP contribution in [0.4, 0.5) is 11.4 Å². The van der Waals surface area contributed by atoms with E-state index in [4.69, 9.17) is 5.73 Å². The molecule has 0 radical (unpaired) electrons. The second-order valence-corrected chi connectivity index (χ2v) is 6.12. The Kier molecular flexibility index (Phi) is 6.57. The van der Waals surface area contributed by atoms with E-state index in [1.54, 1.807) is 0 Å². The van der Waals surface area contributed by atoms with E-state index in [0.717, 1.165) is 23.4 Å². The first-order valence-corrected chi connectivity index (χ1v) is 8.51. The van der Waals surface area contributed by atoms with Crippen LogP contribution in [-0.4, -0.2) is 11.9 Å². The number of rotatable bonds is 6. The molecule has 1 amide bonds. The fourth-order valence-electron chi connectivity index (χ4n) is 2.38. The maximum absolute atomic E-state index is 11.7. The average Bonchev–Trinajstić information content (AvgIpc) is 2.57. The lowest BCUT2D eigenvalue weighted by Crippen LogP contribution is -2.22. The summed E-state index contributed by atoms with van der Waals surface area (Å²) in [5, 5.41) is 5.99. The largest absolute Gasteiger partial charge is 0.370 e. The van der Waals surface area contributed by atoms with Crippen molar-refractivity contribution in [3.8, 4) is 0 Å². The average molecular weight is 338 g/mol. The molecule has 0 fully saturated rings. The maximum atomic E-state index is 11.7. The lowest BCUT2D eigenvalue weighted by molar-refractivity contribution is -0.116. The van der Waals surface area contributed by atoms with Crippen LogP contribution in [0.25, 0.3) is 0 Å². The Labute approximate surface area is 149 Å². The number of nitrogens with two attached hydrogens (primary N) is 1. The molecule has 0 aromatic heterocycles. The highest BCUT2D eigenvalue weighted by atomic mass is 16.1. The third kappa shape index (κ3) is 5.95. The van der Waals surface area contributed by atoms with Crippen molar-refractivity contribution in [2.24, 2.45) is 10.7 Å². The van der Waals surface area contributed by atoms with Gasteiger partial charge in [0.15, 0.2) is 5.96 Å². The molecule has 0 aliphatic heterocycles. The number of benzene rings is 2. The third-order valence-corrected chi connectivity index (χ3v) is 3.90. The Balaban J connectivity index is 1.97. The summed E-state index contributed by atoms with van der Waals surface area (Å²) in [4.78, 5) is 16.0. The minimum absolute atomic E-state index is 0.0269. The van der Waals surface area contributed by atoms with Gasteiger partial charge >= 0.3 is 0 Å². The number of nitrogens with zero attached hydrogens (tertiary/aromatic N) is 1. The molecule has 0 bridgehead atoms. The minimum Gasteiger partial charge on any atom is -0.370 e. The predicted octanol–water partition coefficient (Wildman–Crippen LogP) is 3.97. The summed E-state index contributed by atoms with van der Waals surface area (Å²) in [6.07, 6.45) is 1.35. The molecule has 25 heavy (non-hydrogen) atoms. The Bertz CT molecular complexity index is 768. The molecule has 0 aliphatic rings. The molecule has 0 heterocycles. The monoisotopic (exact) mass is 338 g/mol. The molecule has 0 saturated carbocycles. The Morgan fingerprint density at radius 3 is 2.52 bits per heavy atom. The number of anilines is 2. The maximum Gasteiger partial charge on any atom is 0.224 e. The van der Waals surface area contributed by atoms with Crippen LogP contribution >= 0.6 is 0 Å². The number of guanidine groups is 1. The smallest absolute Gasteiger partial charge is 0.224 e. The number of carbonyl (C=O) groups is 1. The summed E-state index contributed by atoms with van der Waals surface area (Å²) in [5.41, 5.74) is 11.1. The summed E-state index contributed by atoms with van der Waals surface area (Å²) >= 11 is 0. The van der Waals surface area contributed by atoms with Crippen LogP contribution in [0, 0.1) is 13.8 Å². The highest BCUT2D eigenvalue weighted by Gasteiger charge is 2.02. The van der Waals surface area contributed by atoms with Crippen molar-refractivity contribution in [3.05, 3.63) is 59.2 Å². The van der Waals surface area contributed by atoms with Crippen LogP contribution in [0.1, 0.15) is 36.5 Å². The van der Waals surface area contributed by atoms with Gasteiger partial charge < -0.3 is 16.4 Å². The van der Waals surface area contributed by atoms with Crippen molar-refractivity contribution < 1.29 is 4.79 Å². The van der Waals surface area contributed by atoms with Crippen LogP contribution in [0.15, 0.2) is 47.5 Å². The van der Waals surface area contributed by atoms with Gasteiger partial charge in [-0.25, -0.2) is 4.99 Å². The van der Waals surface area contributed by atoms with Gasteiger partial charge in [-0.05, 0) is 61.2 Å². The first kappa shape index (κ1) is 18.5. The molecule has 0 unspecified atom stereocenters. The number of hydrogen-bond donors (Lipinski definition) is 3. The number of amides is 1. The van der Waals surface area contributed by atoms with E-state index in [0.29, 0.717) is 18.9 Å². The van der Waals surface area contributed by atoms with Gasteiger partial charge in [0.1, 0.15) is 0 Å². The zero-order valence-corrected chi connectivity index (χ0v) is 15.1. The number of carbonyl (C=O) groups excluding carboxylic acids is 1. The van der Waals surface area contributed by atoms with Crippen molar-refractivity contribution in [2.45, 2.75) is 40.2 Å². The molecule has 4 N–H and O–H groups in total. The van der Waals surface area contributed by atoms with Crippen molar-refractivity contribution >= 4 is 23.2 Å². The SMILES string of the molecule is CCCC(=O)Nc1cccc(CN=C(N)Nc2ccc(C)c(C)c2)c1. The molecule has 2 rings (SSSR count). The standard InChI is InChI=1S/C20H26N4O/c1-4-6-19(25)23-17-8-5-7-16(12-17)13-22-20(21)24-18-10-9-14(2)15(3)11-18/h5,7-12H,4,6,13H2,1-3H3,(H,23,25)(H3,21,22,24). The Morgan fingerprint density at radius 1 is 1.04 bits per heavy atom. The van der Waals surface area contributed by atoms with E-state index in [2.05, 4.69) is 29.5 Å². The first-order valence-electron chi connectivity index (χ1n) is 8.51. The third-order valence-electron chi connectivity index (χ3n) is 3.90. The molecule has 2 aromatic carbocycles. The summed E-state index contributed by atoms with van der Waals surface area (Å²) in [6.45, 7) is 6.56. The lowest BCUT2D eigenvalue weighted by Gasteiger charge is -2.09.